The number of hydrogen-bond donors (Lipinski definition) is 1. The monoisotopic (exact) mass is 609 g/mol. The van der Waals surface area contributed by atoms with Crippen LogP contribution in [0, 0.1) is 21.4 Å². The largest absolute Gasteiger partial charge is 0.369 e. The highest BCUT2D eigenvalue weighted by atomic mass is 79.9. The second-order valence-electron chi connectivity index (χ2n) is 9.52. The number of anilines is 2. The number of nitro groups is 1. The van der Waals surface area contributed by atoms with Crippen LogP contribution in [0.15, 0.2) is 69.8 Å². The molecule has 4 rings (SSSR count). The number of allylic oxidation sites excluding steroid dienone is 1. The third-order valence-electron chi connectivity index (χ3n) is 5.88. The average Bonchev–Trinajstić information content (AvgIpc) is 3.29. The maximum absolute atomic E-state index is 12.7. The van der Waals surface area contributed by atoms with Gasteiger partial charge in [-0.15, -0.1) is 0 Å². The zero-order chi connectivity index (χ0) is 28.2. The van der Waals surface area contributed by atoms with Crippen LogP contribution in [0.5, 0.6) is 0 Å². The Morgan fingerprint density at radius 1 is 1.31 bits per heavy atom. The molecule has 1 aromatic carbocycles. The van der Waals surface area contributed by atoms with E-state index >= 15 is 0 Å². The molecule has 1 aliphatic heterocycles. The van der Waals surface area contributed by atoms with Gasteiger partial charge in [-0.3, -0.25) is 9.78 Å². The van der Waals surface area contributed by atoms with Crippen LogP contribution in [0.3, 0.4) is 0 Å². The molecule has 0 aliphatic carbocycles. The number of rotatable bonds is 10. The maximum Gasteiger partial charge on any atom is 0.369 e. The van der Waals surface area contributed by atoms with Crippen molar-refractivity contribution >= 4 is 61.4 Å². The molecule has 0 atom stereocenters. The number of aromatic nitrogens is 3. The quantitative estimate of drug-likeness (QED) is 0.149. The lowest BCUT2D eigenvalue weighted by Crippen LogP contribution is -2.41. The lowest BCUT2D eigenvalue weighted by molar-refractivity contribution is -0.880. The van der Waals surface area contributed by atoms with Gasteiger partial charge in [0.25, 0.3) is 0 Å². The highest BCUT2D eigenvalue weighted by Gasteiger charge is 2.33. The van der Waals surface area contributed by atoms with Crippen LogP contribution in [-0.2, 0) is 11.2 Å². The van der Waals surface area contributed by atoms with Gasteiger partial charge < -0.3 is 19.9 Å². The molecule has 0 fully saturated rings. The Bertz CT molecular complexity index is 1610. The van der Waals surface area contributed by atoms with Crippen molar-refractivity contribution in [2.75, 3.05) is 32.5 Å². The Labute approximate surface area is 237 Å². The molecular weight excluding hydrogens is 588 g/mol. The summed E-state index contributed by atoms with van der Waals surface area (Å²) >= 11 is 9.50. The predicted octanol–water partition coefficient (Wildman–Crippen LogP) is 4.79. The van der Waals surface area contributed by atoms with Gasteiger partial charge in [-0.05, 0) is 62.3 Å². The minimum Gasteiger partial charge on any atom is -0.358 e. The van der Waals surface area contributed by atoms with E-state index in [4.69, 9.17) is 16.9 Å². The van der Waals surface area contributed by atoms with E-state index in [2.05, 4.69) is 41.2 Å². The molecule has 0 saturated carbocycles. The van der Waals surface area contributed by atoms with Crippen LogP contribution in [0.1, 0.15) is 12.1 Å². The van der Waals surface area contributed by atoms with Gasteiger partial charge in [0.2, 0.25) is 5.71 Å². The molecule has 3 heterocycles. The second kappa shape index (κ2) is 11.8. The number of hydrogen-bond acceptors (Lipinski definition) is 9. The van der Waals surface area contributed by atoms with Crippen LogP contribution < -0.4 is 5.32 Å². The molecule has 0 radical (unpaired) electrons. The molecular formula is C26H23BrClN8O3+. The summed E-state index contributed by atoms with van der Waals surface area (Å²) in [6, 6.07) is 9.10. The highest BCUT2D eigenvalue weighted by Crippen LogP contribution is 2.29. The second-order valence-corrected chi connectivity index (χ2v) is 10.8. The van der Waals surface area contributed by atoms with Crippen LogP contribution in [0.2, 0.25) is 5.02 Å². The smallest absolute Gasteiger partial charge is 0.358 e. The number of quaternary nitrogens is 1. The zero-order valence-corrected chi connectivity index (χ0v) is 23.4. The van der Waals surface area contributed by atoms with Gasteiger partial charge in [0.15, 0.2) is 5.78 Å². The topological polar surface area (TPSA) is 147 Å². The van der Waals surface area contributed by atoms with Crippen molar-refractivity contribution in [1.82, 2.24) is 15.0 Å². The molecule has 0 unspecified atom stereocenters. The molecule has 13 heteroatoms. The van der Waals surface area contributed by atoms with Crippen molar-refractivity contribution in [3.8, 4) is 6.07 Å². The number of ketones is 1. The van der Waals surface area contributed by atoms with Gasteiger partial charge in [0, 0.05) is 21.2 Å². The Morgan fingerprint density at radius 3 is 2.82 bits per heavy atom. The Hall–Kier alpha value is -4.05. The fraction of sp³-hybridized carbons (Fsp3) is 0.231. The lowest BCUT2D eigenvalue weighted by atomic mass is 10.1. The summed E-state index contributed by atoms with van der Waals surface area (Å²) in [5.41, 5.74) is 2.60. The van der Waals surface area contributed by atoms with E-state index in [1.54, 1.807) is 24.4 Å². The fourth-order valence-corrected chi connectivity index (χ4v) is 4.58. The summed E-state index contributed by atoms with van der Waals surface area (Å²) in [4.78, 5) is 40.2. The van der Waals surface area contributed by atoms with Gasteiger partial charge in [-0.1, -0.05) is 11.6 Å². The van der Waals surface area contributed by atoms with Crippen molar-refractivity contribution in [3.63, 3.8) is 0 Å². The summed E-state index contributed by atoms with van der Waals surface area (Å²) in [7, 11) is 3.78. The molecule has 198 valence electrons. The summed E-state index contributed by atoms with van der Waals surface area (Å²) in [6.45, 7) is 0.779. The van der Waals surface area contributed by atoms with Gasteiger partial charge in [-0.2, -0.15) is 5.26 Å². The first-order chi connectivity index (χ1) is 18.5. The van der Waals surface area contributed by atoms with Gasteiger partial charge in [0.05, 0.1) is 55.8 Å². The highest BCUT2D eigenvalue weighted by molar-refractivity contribution is 9.10. The number of fused-ring (bicyclic) bond motifs is 1. The van der Waals surface area contributed by atoms with Gasteiger partial charge in [0.1, 0.15) is 24.8 Å². The summed E-state index contributed by atoms with van der Waals surface area (Å²) in [5.74, 6) is 0.163. The molecule has 39 heavy (non-hydrogen) atoms. The maximum atomic E-state index is 12.7. The standard InChI is InChI=1S/C26H23BrClN8O3/c1-36(2,14-16-8-19(12-29)34-26(16)35(38)39)7-3-4-20(37)9-18-10-21-24(13-30-18)31-15-32-25(21)33-17-5-6-23(28)22(27)11-17/h3-6,10-11,13,15H,7-9,14H2,1-2H3,(H,31,32,33)/q+1/b4-3+. The number of halogens is 2. The average molecular weight is 611 g/mol. The zero-order valence-electron chi connectivity index (χ0n) is 21.1. The lowest BCUT2D eigenvalue weighted by Gasteiger charge is -2.28. The molecule has 1 aliphatic rings. The summed E-state index contributed by atoms with van der Waals surface area (Å²) < 4.78 is 1.10. The summed E-state index contributed by atoms with van der Waals surface area (Å²) in [5, 5.41) is 24.9. The number of nitrogens with one attached hydrogen (secondary N) is 1. The molecule has 2 aromatic heterocycles. The first-order valence-corrected chi connectivity index (χ1v) is 12.9. The summed E-state index contributed by atoms with van der Waals surface area (Å²) in [6.07, 6.45) is 6.52. The van der Waals surface area contributed by atoms with E-state index in [1.165, 1.54) is 12.4 Å². The molecule has 3 aromatic rings. The molecule has 0 bridgehead atoms. The number of likely N-dealkylation sites (N-methyl/N-ethyl adjacent to an activating group) is 1. The third kappa shape index (κ3) is 7.08. The first kappa shape index (κ1) is 28.0. The van der Waals surface area contributed by atoms with E-state index < -0.39 is 4.92 Å². The van der Waals surface area contributed by atoms with Crippen LogP contribution >= 0.6 is 27.5 Å². The molecule has 1 N–H and O–H groups in total. The van der Waals surface area contributed by atoms with E-state index in [-0.39, 0.29) is 30.2 Å². The van der Waals surface area contributed by atoms with Crippen molar-refractivity contribution in [2.24, 2.45) is 4.99 Å². The Balaban J connectivity index is 1.42. The number of benzene rings is 1. The Morgan fingerprint density at radius 2 is 2.10 bits per heavy atom. The van der Waals surface area contributed by atoms with Crippen molar-refractivity contribution in [3.05, 3.63) is 85.6 Å². The number of aliphatic imine (C=N–C) groups is 1. The Kier molecular flexibility index (Phi) is 8.44. The minimum atomic E-state index is -0.560. The third-order valence-corrected chi connectivity index (χ3v) is 7.09. The van der Waals surface area contributed by atoms with E-state index in [9.17, 15) is 14.9 Å². The molecule has 0 saturated heterocycles. The molecule has 0 spiro atoms. The number of carbonyl (C=O) groups excluding carboxylic acids is 1. The normalized spacial score (nSPS) is 13.6. The fourth-order valence-electron chi connectivity index (χ4n) is 4.09. The molecule has 0 amide bonds. The van der Waals surface area contributed by atoms with Gasteiger partial charge >= 0.3 is 5.82 Å². The SMILES string of the molecule is C[N+](C)(C/C=C/C(=O)Cc1cc2c(Nc3ccc(Cl)c(Br)c3)ncnc2cn1)CC1=C([N+](=O)[O-])N=C(C#N)C1. The number of pyridine rings is 1. The predicted molar refractivity (Wildman–Crippen MR) is 151 cm³/mol. The van der Waals surface area contributed by atoms with Crippen molar-refractivity contribution < 1.29 is 14.2 Å². The minimum absolute atomic E-state index is 0.0800. The van der Waals surface area contributed by atoms with Gasteiger partial charge in [-0.25, -0.2) is 9.97 Å². The van der Waals surface area contributed by atoms with Crippen molar-refractivity contribution in [1.29, 1.82) is 5.26 Å². The number of nitrogens with zero attached hydrogens (tertiary/aromatic N) is 7. The van der Waals surface area contributed by atoms with Crippen LogP contribution in [-0.4, -0.2) is 63.0 Å². The van der Waals surface area contributed by atoms with E-state index in [1.807, 2.05) is 32.3 Å². The van der Waals surface area contributed by atoms with E-state index in [0.29, 0.717) is 50.6 Å². The van der Waals surface area contributed by atoms with E-state index in [0.717, 1.165) is 10.2 Å². The number of carbonyl (C=O) groups is 1. The van der Waals surface area contributed by atoms with Crippen LogP contribution in [0.4, 0.5) is 11.5 Å². The molecule has 11 nitrogen and oxygen atoms in total. The first-order valence-electron chi connectivity index (χ1n) is 11.7. The number of nitriles is 1. The van der Waals surface area contributed by atoms with Crippen LogP contribution in [0.25, 0.3) is 10.9 Å². The van der Waals surface area contributed by atoms with Crippen molar-refractivity contribution in [2.45, 2.75) is 12.8 Å².